The number of imidazole rings is 1. The van der Waals surface area contributed by atoms with E-state index in [4.69, 9.17) is 0 Å². The summed E-state index contributed by atoms with van der Waals surface area (Å²) in [4.78, 5) is 28.6. The largest absolute Gasteiger partial charge is 0.335 e. The molecule has 1 amide bonds. The van der Waals surface area contributed by atoms with Crippen LogP contribution in [0.25, 0.3) is 44.7 Å². The van der Waals surface area contributed by atoms with Gasteiger partial charge in [-0.25, -0.2) is 14.4 Å². The highest BCUT2D eigenvalue weighted by Gasteiger charge is 2.17. The highest BCUT2D eigenvalue weighted by Crippen LogP contribution is 2.32. The molecule has 0 saturated heterocycles. The van der Waals surface area contributed by atoms with Gasteiger partial charge in [-0.2, -0.15) is 5.10 Å². The zero-order chi connectivity index (χ0) is 23.1. The number of anilines is 1. The fourth-order valence-electron chi connectivity index (χ4n) is 3.84. The van der Waals surface area contributed by atoms with Crippen LogP contribution in [-0.4, -0.2) is 36.0 Å². The van der Waals surface area contributed by atoms with Crippen LogP contribution in [-0.2, 0) is 0 Å². The van der Waals surface area contributed by atoms with E-state index in [9.17, 15) is 9.18 Å². The van der Waals surface area contributed by atoms with E-state index in [0.717, 1.165) is 5.52 Å². The van der Waals surface area contributed by atoms with Crippen molar-refractivity contribution in [3.8, 4) is 22.6 Å². The Morgan fingerprint density at radius 1 is 0.971 bits per heavy atom. The molecular weight excluding hydrogens is 433 g/mol. The lowest BCUT2D eigenvalue weighted by Gasteiger charge is -2.08. The van der Waals surface area contributed by atoms with Crippen molar-refractivity contribution in [2.45, 2.75) is 0 Å². The molecule has 8 nitrogen and oxygen atoms in total. The molecule has 0 aliphatic rings. The van der Waals surface area contributed by atoms with Crippen molar-refractivity contribution in [1.29, 1.82) is 0 Å². The Balaban J connectivity index is 1.39. The average molecular weight is 449 g/mol. The number of H-pyrrole nitrogens is 2. The summed E-state index contributed by atoms with van der Waals surface area (Å²) in [7, 11) is 0. The van der Waals surface area contributed by atoms with Crippen LogP contribution in [0.4, 0.5) is 10.1 Å². The highest BCUT2D eigenvalue weighted by atomic mass is 19.1. The molecule has 0 spiro atoms. The van der Waals surface area contributed by atoms with E-state index in [0.29, 0.717) is 44.9 Å². The summed E-state index contributed by atoms with van der Waals surface area (Å²) >= 11 is 0. The molecule has 0 fully saturated rings. The maximum absolute atomic E-state index is 15.0. The number of hydrogen-bond donors (Lipinski definition) is 3. The molecular formula is C25H16FN7O. The van der Waals surface area contributed by atoms with Crippen molar-refractivity contribution in [2.75, 3.05) is 5.32 Å². The maximum Gasteiger partial charge on any atom is 0.255 e. The number of rotatable bonds is 4. The first-order valence-electron chi connectivity index (χ1n) is 10.5. The number of amides is 1. The van der Waals surface area contributed by atoms with Gasteiger partial charge >= 0.3 is 0 Å². The number of nitrogens with one attached hydrogen (secondary N) is 3. The van der Waals surface area contributed by atoms with Crippen molar-refractivity contribution >= 4 is 33.7 Å². The summed E-state index contributed by atoms with van der Waals surface area (Å²) in [5.41, 5.74) is 4.34. The molecule has 6 aromatic rings. The molecule has 4 heterocycles. The fourth-order valence-corrected chi connectivity index (χ4v) is 3.84. The van der Waals surface area contributed by atoms with Gasteiger partial charge in [0.15, 0.2) is 17.3 Å². The van der Waals surface area contributed by atoms with Gasteiger partial charge in [-0.3, -0.25) is 14.9 Å². The third-order valence-electron chi connectivity index (χ3n) is 5.47. The fraction of sp³-hybridized carbons (Fsp3) is 0. The molecule has 2 aromatic carbocycles. The van der Waals surface area contributed by atoms with Gasteiger partial charge in [0.05, 0.1) is 17.4 Å². The Bertz CT molecular complexity index is 1640. The minimum Gasteiger partial charge on any atom is -0.335 e. The predicted molar refractivity (Wildman–Crippen MR) is 127 cm³/mol. The number of pyridine rings is 2. The number of aromatic nitrogens is 6. The van der Waals surface area contributed by atoms with E-state index in [2.05, 4.69) is 35.5 Å². The van der Waals surface area contributed by atoms with Gasteiger partial charge in [0.25, 0.3) is 5.91 Å². The number of carbonyl (C=O) groups is 1. The third-order valence-corrected chi connectivity index (χ3v) is 5.47. The number of aromatic amines is 2. The summed E-state index contributed by atoms with van der Waals surface area (Å²) in [6, 6.07) is 17.5. The summed E-state index contributed by atoms with van der Waals surface area (Å²) in [5.74, 6) is -0.227. The van der Waals surface area contributed by atoms with Crippen LogP contribution in [0.1, 0.15) is 10.4 Å². The van der Waals surface area contributed by atoms with Gasteiger partial charge in [-0.1, -0.05) is 18.2 Å². The van der Waals surface area contributed by atoms with E-state index in [1.54, 1.807) is 48.9 Å². The summed E-state index contributed by atoms with van der Waals surface area (Å²) in [5, 5.41) is 10.4. The molecule has 34 heavy (non-hydrogen) atoms. The Hall–Kier alpha value is -4.92. The number of benzene rings is 2. The molecule has 0 aliphatic carbocycles. The third kappa shape index (κ3) is 3.45. The lowest BCUT2D eigenvalue weighted by Crippen LogP contribution is -2.11. The SMILES string of the molecule is O=C(Nc1cncc(-c2cc(F)c3n[nH]c(-c4nc5ncccc5[nH]4)c3c2)c1)c1ccccc1. The number of halogens is 1. The second-order valence-corrected chi connectivity index (χ2v) is 7.70. The van der Waals surface area contributed by atoms with Gasteiger partial charge in [0, 0.05) is 28.9 Å². The topological polar surface area (TPSA) is 112 Å². The van der Waals surface area contributed by atoms with E-state index in [1.807, 2.05) is 24.3 Å². The molecule has 164 valence electrons. The Morgan fingerprint density at radius 2 is 1.85 bits per heavy atom. The van der Waals surface area contributed by atoms with Crippen molar-refractivity contribution in [3.63, 3.8) is 0 Å². The van der Waals surface area contributed by atoms with Crippen molar-refractivity contribution in [3.05, 3.63) is 90.6 Å². The van der Waals surface area contributed by atoms with E-state index < -0.39 is 5.82 Å². The Labute approximate surface area is 191 Å². The molecule has 0 saturated carbocycles. The van der Waals surface area contributed by atoms with E-state index >= 15 is 0 Å². The smallest absolute Gasteiger partial charge is 0.255 e. The zero-order valence-electron chi connectivity index (χ0n) is 17.6. The molecule has 0 radical (unpaired) electrons. The predicted octanol–water partition coefficient (Wildman–Crippen LogP) is 4.95. The monoisotopic (exact) mass is 449 g/mol. The minimum absolute atomic E-state index is 0.202. The molecule has 6 rings (SSSR count). The standard InChI is InChI=1S/C25H16FN7O/c26-19-11-15(16-9-17(13-27-12-16)29-25(34)14-5-2-1-3-6-14)10-18-21(19)32-33-22(18)24-30-20-7-4-8-28-23(20)31-24/h1-13H,(H,29,34)(H,32,33)(H,28,30,31). The second-order valence-electron chi connectivity index (χ2n) is 7.70. The molecule has 0 atom stereocenters. The normalized spacial score (nSPS) is 11.2. The number of carbonyl (C=O) groups excluding carboxylic acids is 1. The molecule has 0 aliphatic heterocycles. The quantitative estimate of drug-likeness (QED) is 0.352. The van der Waals surface area contributed by atoms with Gasteiger partial charge in [-0.15, -0.1) is 0 Å². The van der Waals surface area contributed by atoms with Crippen LogP contribution >= 0.6 is 0 Å². The van der Waals surface area contributed by atoms with Crippen LogP contribution in [0.2, 0.25) is 0 Å². The maximum atomic E-state index is 15.0. The summed E-state index contributed by atoms with van der Waals surface area (Å²) in [6.45, 7) is 0. The lowest BCUT2D eigenvalue weighted by atomic mass is 10.0. The number of fused-ring (bicyclic) bond motifs is 2. The zero-order valence-corrected chi connectivity index (χ0v) is 17.6. The average Bonchev–Trinajstić information content (AvgIpc) is 3.49. The van der Waals surface area contributed by atoms with Crippen LogP contribution in [0, 0.1) is 5.82 Å². The van der Waals surface area contributed by atoms with Crippen molar-refractivity contribution < 1.29 is 9.18 Å². The van der Waals surface area contributed by atoms with Crippen molar-refractivity contribution in [1.82, 2.24) is 30.1 Å². The molecule has 3 N–H and O–H groups in total. The van der Waals surface area contributed by atoms with Crippen LogP contribution in [0.15, 0.2) is 79.3 Å². The summed E-state index contributed by atoms with van der Waals surface area (Å²) < 4.78 is 15.0. The first-order chi connectivity index (χ1) is 16.7. The lowest BCUT2D eigenvalue weighted by molar-refractivity contribution is 0.102. The van der Waals surface area contributed by atoms with Crippen LogP contribution in [0.5, 0.6) is 0 Å². The number of nitrogens with zero attached hydrogens (tertiary/aromatic N) is 4. The van der Waals surface area contributed by atoms with Gasteiger partial charge in [-0.05, 0) is 48.0 Å². The van der Waals surface area contributed by atoms with Gasteiger partial charge in [0.2, 0.25) is 0 Å². The molecule has 4 aromatic heterocycles. The Morgan fingerprint density at radius 3 is 2.71 bits per heavy atom. The summed E-state index contributed by atoms with van der Waals surface area (Å²) in [6.07, 6.45) is 4.82. The van der Waals surface area contributed by atoms with Crippen LogP contribution in [0.3, 0.4) is 0 Å². The molecule has 0 bridgehead atoms. The first-order valence-corrected chi connectivity index (χ1v) is 10.5. The highest BCUT2D eigenvalue weighted by molar-refractivity contribution is 6.04. The van der Waals surface area contributed by atoms with Gasteiger partial charge < -0.3 is 10.3 Å². The first kappa shape index (κ1) is 19.7. The molecule has 0 unspecified atom stereocenters. The van der Waals surface area contributed by atoms with Crippen LogP contribution < -0.4 is 5.32 Å². The van der Waals surface area contributed by atoms with E-state index in [1.165, 1.54) is 6.07 Å². The van der Waals surface area contributed by atoms with E-state index in [-0.39, 0.29) is 11.4 Å². The molecule has 9 heteroatoms. The van der Waals surface area contributed by atoms with Gasteiger partial charge in [0.1, 0.15) is 11.2 Å². The number of hydrogen-bond acceptors (Lipinski definition) is 5. The van der Waals surface area contributed by atoms with Crippen molar-refractivity contribution in [2.24, 2.45) is 0 Å². The minimum atomic E-state index is -0.483. The Kier molecular flexibility index (Phi) is 4.58. The second kappa shape index (κ2) is 7.89.